The van der Waals surface area contributed by atoms with E-state index in [1.54, 1.807) is 0 Å². The molecule has 0 fully saturated rings. The molecule has 0 aliphatic carbocycles. The summed E-state index contributed by atoms with van der Waals surface area (Å²) in [5.41, 5.74) is -0.488. The molecule has 6 heteroatoms. The maximum absolute atomic E-state index is 12.7. The van der Waals surface area contributed by atoms with Crippen LogP contribution in [0.5, 0.6) is 0 Å². The van der Waals surface area contributed by atoms with Crippen LogP contribution in [-0.4, -0.2) is 4.98 Å². The molecule has 1 aromatic heterocycles. The molecule has 0 aliphatic rings. The zero-order valence-electron chi connectivity index (χ0n) is 7.65. The first-order valence-corrected chi connectivity index (χ1v) is 5.37. The van der Waals surface area contributed by atoms with Crippen molar-refractivity contribution >= 4 is 38.4 Å². The van der Waals surface area contributed by atoms with Gasteiger partial charge in [-0.15, -0.1) is 0 Å². The fourth-order valence-corrected chi connectivity index (χ4v) is 1.89. The van der Waals surface area contributed by atoms with E-state index in [1.165, 1.54) is 12.1 Å². The van der Waals surface area contributed by atoms with Gasteiger partial charge in [0.05, 0.1) is 16.1 Å². The van der Waals surface area contributed by atoms with E-state index in [0.29, 0.717) is 9.50 Å². The molecule has 1 heterocycles. The van der Waals surface area contributed by atoms with Gasteiger partial charge in [0.15, 0.2) is 0 Å². The molecule has 16 heavy (non-hydrogen) atoms. The number of aromatic nitrogens is 1. The van der Waals surface area contributed by atoms with Gasteiger partial charge < -0.3 is 0 Å². The van der Waals surface area contributed by atoms with Gasteiger partial charge in [-0.25, -0.2) is 0 Å². The maximum Gasteiger partial charge on any atom is 0.417 e. The van der Waals surface area contributed by atoms with E-state index in [9.17, 15) is 13.2 Å². The van der Waals surface area contributed by atoms with Gasteiger partial charge in [0.2, 0.25) is 0 Å². The predicted molar refractivity (Wildman–Crippen MR) is 59.5 cm³/mol. The molecule has 0 unspecified atom stereocenters. The Labute approximate surface area is 102 Å². The quantitative estimate of drug-likeness (QED) is 0.689. The number of hydrogen-bond donors (Lipinski definition) is 0. The zero-order chi connectivity index (χ0) is 11.9. The maximum atomic E-state index is 12.7. The third-order valence-corrected chi connectivity index (χ3v) is 3.29. The van der Waals surface area contributed by atoms with Crippen molar-refractivity contribution in [3.05, 3.63) is 39.5 Å². The van der Waals surface area contributed by atoms with Crippen molar-refractivity contribution < 1.29 is 13.2 Å². The van der Waals surface area contributed by atoms with Gasteiger partial charge in [0.1, 0.15) is 0 Å². The summed E-state index contributed by atoms with van der Waals surface area (Å²) in [6.07, 6.45) is -3.27. The van der Waals surface area contributed by atoms with Crippen LogP contribution in [0.25, 0.3) is 10.9 Å². The Morgan fingerprint density at radius 2 is 1.94 bits per heavy atom. The third kappa shape index (κ3) is 2.01. The van der Waals surface area contributed by atoms with Crippen molar-refractivity contribution in [2.24, 2.45) is 0 Å². The fourth-order valence-electron chi connectivity index (χ4n) is 1.39. The topological polar surface area (TPSA) is 12.9 Å². The predicted octanol–water partition coefficient (Wildman–Crippen LogP) is 4.67. The Bertz CT molecular complexity index is 553. The van der Waals surface area contributed by atoms with E-state index in [1.807, 2.05) is 0 Å². The summed E-state index contributed by atoms with van der Waals surface area (Å²) in [6.45, 7) is 0. The molecule has 0 spiro atoms. The van der Waals surface area contributed by atoms with Crippen LogP contribution >= 0.6 is 27.5 Å². The number of halogens is 5. The normalized spacial score (nSPS) is 12.1. The van der Waals surface area contributed by atoms with Gasteiger partial charge in [-0.2, -0.15) is 13.2 Å². The van der Waals surface area contributed by atoms with E-state index in [-0.39, 0.29) is 10.9 Å². The lowest BCUT2D eigenvalue weighted by molar-refractivity contribution is -0.136. The summed E-state index contributed by atoms with van der Waals surface area (Å²) in [4.78, 5) is 3.85. The Kier molecular flexibility index (Phi) is 2.84. The first-order valence-electron chi connectivity index (χ1n) is 4.20. The first kappa shape index (κ1) is 11.7. The minimum absolute atomic E-state index is 0.0336. The van der Waals surface area contributed by atoms with Crippen molar-refractivity contribution in [1.29, 1.82) is 0 Å². The second-order valence-corrected chi connectivity index (χ2v) is 4.40. The number of pyridine rings is 1. The molecule has 84 valence electrons. The standard InChI is InChI=1S/C10H4BrClF3N/c11-7-3-5-6(10(13,14)15)1-2-16-9(5)4-8(7)12/h1-4H. The molecular weight excluding hydrogens is 306 g/mol. The minimum atomic E-state index is -4.39. The Morgan fingerprint density at radius 1 is 1.25 bits per heavy atom. The van der Waals surface area contributed by atoms with E-state index in [4.69, 9.17) is 11.6 Å². The SMILES string of the molecule is FC(F)(F)c1ccnc2cc(Cl)c(Br)cc12. The molecule has 0 bridgehead atoms. The highest BCUT2D eigenvalue weighted by molar-refractivity contribution is 9.10. The Balaban J connectivity index is 2.82. The second kappa shape index (κ2) is 3.89. The van der Waals surface area contributed by atoms with Gasteiger partial charge in [-0.1, -0.05) is 11.6 Å². The van der Waals surface area contributed by atoms with Crippen LogP contribution in [0.2, 0.25) is 5.02 Å². The van der Waals surface area contributed by atoms with E-state index in [0.717, 1.165) is 12.3 Å². The molecule has 0 saturated heterocycles. The molecule has 0 N–H and O–H groups in total. The smallest absolute Gasteiger partial charge is 0.256 e. The van der Waals surface area contributed by atoms with Gasteiger partial charge in [-0.05, 0) is 34.1 Å². The number of alkyl halides is 3. The molecule has 0 radical (unpaired) electrons. The highest BCUT2D eigenvalue weighted by atomic mass is 79.9. The molecule has 0 atom stereocenters. The lowest BCUT2D eigenvalue weighted by Crippen LogP contribution is -2.06. The third-order valence-electron chi connectivity index (χ3n) is 2.09. The van der Waals surface area contributed by atoms with Crippen molar-refractivity contribution in [2.45, 2.75) is 6.18 Å². The summed E-state index contributed by atoms with van der Waals surface area (Å²) in [5.74, 6) is 0. The summed E-state index contributed by atoms with van der Waals surface area (Å²) < 4.78 is 38.4. The average molecular weight is 311 g/mol. The highest BCUT2D eigenvalue weighted by Gasteiger charge is 2.32. The van der Waals surface area contributed by atoms with Crippen LogP contribution in [-0.2, 0) is 6.18 Å². The molecule has 0 aliphatic heterocycles. The Hall–Kier alpha value is -0.810. The van der Waals surface area contributed by atoms with E-state index >= 15 is 0 Å². The van der Waals surface area contributed by atoms with Gasteiger partial charge in [-0.3, -0.25) is 4.98 Å². The van der Waals surface area contributed by atoms with Crippen molar-refractivity contribution in [3.8, 4) is 0 Å². The fraction of sp³-hybridized carbons (Fsp3) is 0.100. The van der Waals surface area contributed by atoms with Gasteiger partial charge in [0, 0.05) is 16.1 Å². The van der Waals surface area contributed by atoms with Crippen LogP contribution < -0.4 is 0 Å². The Morgan fingerprint density at radius 3 is 2.56 bits per heavy atom. The summed E-state index contributed by atoms with van der Waals surface area (Å²) in [6, 6.07) is 3.67. The molecule has 2 rings (SSSR count). The lowest BCUT2D eigenvalue weighted by Gasteiger charge is -2.10. The second-order valence-electron chi connectivity index (χ2n) is 3.14. The van der Waals surface area contributed by atoms with Crippen molar-refractivity contribution in [1.82, 2.24) is 4.98 Å². The van der Waals surface area contributed by atoms with Crippen LogP contribution in [0.15, 0.2) is 28.9 Å². The summed E-state index contributed by atoms with van der Waals surface area (Å²) in [7, 11) is 0. The van der Waals surface area contributed by atoms with Crippen LogP contribution in [0.4, 0.5) is 13.2 Å². The number of fused-ring (bicyclic) bond motifs is 1. The van der Waals surface area contributed by atoms with Crippen LogP contribution in [0.3, 0.4) is 0 Å². The highest BCUT2D eigenvalue weighted by Crippen LogP contribution is 2.36. The van der Waals surface area contributed by atoms with Gasteiger partial charge in [0.25, 0.3) is 0 Å². The van der Waals surface area contributed by atoms with Crippen LogP contribution in [0, 0.1) is 0 Å². The number of nitrogens with zero attached hydrogens (tertiary/aromatic N) is 1. The van der Waals surface area contributed by atoms with E-state index in [2.05, 4.69) is 20.9 Å². The number of benzene rings is 1. The lowest BCUT2D eigenvalue weighted by atomic mass is 10.1. The molecule has 1 nitrogen and oxygen atoms in total. The average Bonchev–Trinajstić information content (AvgIpc) is 2.17. The summed E-state index contributed by atoms with van der Waals surface area (Å²) in [5, 5.41) is 0.366. The minimum Gasteiger partial charge on any atom is -0.256 e. The van der Waals surface area contributed by atoms with Crippen LogP contribution in [0.1, 0.15) is 5.56 Å². The largest absolute Gasteiger partial charge is 0.417 e. The monoisotopic (exact) mass is 309 g/mol. The van der Waals surface area contributed by atoms with E-state index < -0.39 is 11.7 Å². The molecule has 0 amide bonds. The zero-order valence-corrected chi connectivity index (χ0v) is 9.99. The first-order chi connectivity index (χ1) is 7.39. The van der Waals surface area contributed by atoms with Crippen molar-refractivity contribution in [2.75, 3.05) is 0 Å². The summed E-state index contributed by atoms with van der Waals surface area (Å²) >= 11 is 8.88. The number of hydrogen-bond acceptors (Lipinski definition) is 1. The molecule has 0 saturated carbocycles. The van der Waals surface area contributed by atoms with Gasteiger partial charge >= 0.3 is 6.18 Å². The number of rotatable bonds is 0. The molecule has 1 aromatic carbocycles. The molecular formula is C10H4BrClF3N. The van der Waals surface area contributed by atoms with Crippen molar-refractivity contribution in [3.63, 3.8) is 0 Å². The molecule has 2 aromatic rings.